The molecule has 5 rings (SSSR count). The summed E-state index contributed by atoms with van der Waals surface area (Å²) in [6.45, 7) is 52.3. The van der Waals surface area contributed by atoms with Crippen LogP contribution in [0.25, 0.3) is 11.1 Å². The Morgan fingerprint density at radius 3 is 0.619 bits per heavy atom. The van der Waals surface area contributed by atoms with E-state index in [1.165, 1.54) is 100 Å². The van der Waals surface area contributed by atoms with Gasteiger partial charge in [0, 0.05) is 19.0 Å². The largest absolute Gasteiger partial charge is 0.168 e. The molecule has 0 aromatic heterocycles. The van der Waals surface area contributed by atoms with Gasteiger partial charge in [-0.15, -0.1) is 0 Å². The molecule has 0 atom stereocenters. The Kier molecular flexibility index (Phi) is 21.6. The molecule has 4 heteroatoms. The van der Waals surface area contributed by atoms with Gasteiger partial charge in [-0.25, -0.2) is 0 Å². The zero-order valence-corrected chi connectivity index (χ0v) is 47.8. The first-order valence-corrected chi connectivity index (χ1v) is 24.6. The van der Waals surface area contributed by atoms with Gasteiger partial charge in [0.2, 0.25) is 0 Å². The second kappa shape index (κ2) is 23.3. The van der Waals surface area contributed by atoms with Gasteiger partial charge in [-0.1, -0.05) is 124 Å². The molecular formula is C59H88S4. The average molecular weight is 926 g/mol. The molecule has 0 aliphatic heterocycles. The van der Waals surface area contributed by atoms with Crippen molar-refractivity contribution in [1.82, 2.24) is 0 Å². The highest BCUT2D eigenvalue weighted by Crippen LogP contribution is 2.46. The van der Waals surface area contributed by atoms with Crippen LogP contribution in [0.15, 0.2) is 72.8 Å². The van der Waals surface area contributed by atoms with Crippen molar-refractivity contribution in [2.45, 2.75) is 191 Å². The molecule has 0 spiro atoms. The van der Waals surface area contributed by atoms with E-state index in [9.17, 15) is 0 Å². The normalized spacial score (nSPS) is 11.8. The van der Waals surface area contributed by atoms with Crippen LogP contribution in [0.3, 0.4) is 0 Å². The SMILES string of the molecule is CC.Cc1c(C)c(C(C)(C)S)c(C)c(C)c1-c1c(C)c(C)c(C(C)(C)S)c(C)c1C.Cc1ccc(C(C)(C)C)cc1.Cc1ccc(C(C)(C)S)cc1.Cc1ccc(C(C)(C)S)cc1. The molecule has 0 unspecified atom stereocenters. The van der Waals surface area contributed by atoms with Crippen LogP contribution < -0.4 is 0 Å². The first kappa shape index (κ1) is 58.5. The van der Waals surface area contributed by atoms with Gasteiger partial charge in [0.15, 0.2) is 0 Å². The Hall–Kier alpha value is -2.50. The topological polar surface area (TPSA) is 0 Å². The minimum Gasteiger partial charge on any atom is -0.168 e. The summed E-state index contributed by atoms with van der Waals surface area (Å²) >= 11 is 18.8. The summed E-state index contributed by atoms with van der Waals surface area (Å²) in [5.41, 5.74) is 24.7. The maximum absolute atomic E-state index is 4.91. The van der Waals surface area contributed by atoms with Crippen LogP contribution >= 0.6 is 50.5 Å². The van der Waals surface area contributed by atoms with E-state index in [2.05, 4.69) is 250 Å². The summed E-state index contributed by atoms with van der Waals surface area (Å²) in [6.07, 6.45) is 0. The van der Waals surface area contributed by atoms with Gasteiger partial charge in [0.1, 0.15) is 0 Å². The number of benzene rings is 5. The van der Waals surface area contributed by atoms with Crippen molar-refractivity contribution in [2.24, 2.45) is 0 Å². The van der Waals surface area contributed by atoms with Crippen molar-refractivity contribution in [1.29, 1.82) is 0 Å². The predicted octanol–water partition coefficient (Wildman–Crippen LogP) is 18.8. The first-order chi connectivity index (χ1) is 28.5. The zero-order chi connectivity index (χ0) is 49.4. The quantitative estimate of drug-likeness (QED) is 0.124. The van der Waals surface area contributed by atoms with Gasteiger partial charge in [0.25, 0.3) is 0 Å². The Balaban J connectivity index is 0.000000466. The van der Waals surface area contributed by atoms with Crippen LogP contribution in [0.4, 0.5) is 0 Å². The number of hydrogen-bond acceptors (Lipinski definition) is 4. The van der Waals surface area contributed by atoms with Crippen molar-refractivity contribution < 1.29 is 0 Å². The van der Waals surface area contributed by atoms with Crippen LogP contribution in [0.1, 0.15) is 179 Å². The van der Waals surface area contributed by atoms with Crippen LogP contribution in [0, 0.1) is 76.2 Å². The molecule has 0 N–H and O–H groups in total. The van der Waals surface area contributed by atoms with Gasteiger partial charge in [-0.2, -0.15) is 50.5 Å². The highest BCUT2D eigenvalue weighted by Gasteiger charge is 2.29. The molecule has 63 heavy (non-hydrogen) atoms. The molecule has 0 aliphatic rings. The number of rotatable bonds is 5. The molecule has 0 nitrogen and oxygen atoms in total. The van der Waals surface area contributed by atoms with Crippen LogP contribution in [-0.2, 0) is 24.4 Å². The molecule has 5 aromatic carbocycles. The Labute approximate surface area is 411 Å². The van der Waals surface area contributed by atoms with Gasteiger partial charge in [-0.3, -0.25) is 0 Å². The van der Waals surface area contributed by atoms with Crippen molar-refractivity contribution in [3.05, 3.63) is 162 Å². The number of thiol groups is 4. The maximum Gasteiger partial charge on any atom is 0.0327 e. The van der Waals surface area contributed by atoms with Gasteiger partial charge in [0.05, 0.1) is 0 Å². The Bertz CT molecular complexity index is 1950. The Morgan fingerprint density at radius 1 is 0.270 bits per heavy atom. The van der Waals surface area contributed by atoms with Crippen molar-refractivity contribution in [3.63, 3.8) is 0 Å². The average Bonchev–Trinajstić information content (AvgIpc) is 3.15. The lowest BCUT2D eigenvalue weighted by Gasteiger charge is -2.32. The smallest absolute Gasteiger partial charge is 0.0327 e. The predicted molar refractivity (Wildman–Crippen MR) is 301 cm³/mol. The van der Waals surface area contributed by atoms with E-state index in [1.54, 1.807) is 0 Å². The van der Waals surface area contributed by atoms with E-state index < -0.39 is 0 Å². The molecule has 0 aliphatic carbocycles. The standard InChI is InChI=1S/C26H38S2.C11H16.2C10H14S.C2H6/c1-13-17(5)23(25(9,10)27)18(6)14(2)21(13)22-15(3)19(7)24(26(11,12)28)20(8)16(22)4;1-9-5-7-10(8-6-9)11(2,3)4;2*1-8-4-6-9(7-5-8)10(2,3)11;1-2/h27-28H,1-12H3;5-8H,1-4H3;2*4-7,11H,1-3H3;1-2H3. The first-order valence-electron chi connectivity index (χ1n) is 22.9. The van der Waals surface area contributed by atoms with E-state index in [0.29, 0.717) is 0 Å². The lowest BCUT2D eigenvalue weighted by molar-refractivity contribution is 0.590. The molecule has 348 valence electrons. The molecular weight excluding hydrogens is 837 g/mol. The van der Waals surface area contributed by atoms with E-state index in [4.69, 9.17) is 25.3 Å². The zero-order valence-electron chi connectivity index (χ0n) is 44.2. The fourth-order valence-corrected chi connectivity index (χ4v) is 9.16. The highest BCUT2D eigenvalue weighted by molar-refractivity contribution is 7.81. The molecule has 0 amide bonds. The summed E-state index contributed by atoms with van der Waals surface area (Å²) in [5.74, 6) is 0. The maximum atomic E-state index is 4.91. The fourth-order valence-electron chi connectivity index (χ4n) is 8.19. The van der Waals surface area contributed by atoms with Crippen LogP contribution in [-0.4, -0.2) is 0 Å². The summed E-state index contributed by atoms with van der Waals surface area (Å²) in [4.78, 5) is 0. The van der Waals surface area contributed by atoms with Gasteiger partial charge < -0.3 is 0 Å². The molecule has 0 fully saturated rings. The van der Waals surface area contributed by atoms with E-state index >= 15 is 0 Å². The molecule has 0 saturated heterocycles. The van der Waals surface area contributed by atoms with Crippen molar-refractivity contribution in [3.8, 4) is 11.1 Å². The summed E-state index contributed by atoms with van der Waals surface area (Å²) in [7, 11) is 0. The van der Waals surface area contributed by atoms with E-state index in [0.717, 1.165) is 0 Å². The van der Waals surface area contributed by atoms with E-state index in [-0.39, 0.29) is 24.4 Å². The summed E-state index contributed by atoms with van der Waals surface area (Å²) in [5, 5.41) is 0. The third-order valence-electron chi connectivity index (χ3n) is 12.2. The fraction of sp³-hybridized carbons (Fsp3) is 0.492. The van der Waals surface area contributed by atoms with E-state index in [1.807, 2.05) is 13.8 Å². The van der Waals surface area contributed by atoms with Gasteiger partial charge in [-0.05, 0) is 220 Å². The molecule has 0 heterocycles. The van der Waals surface area contributed by atoms with Crippen LogP contribution in [0.2, 0.25) is 0 Å². The third-order valence-corrected chi connectivity index (χ3v) is 13.1. The lowest BCUT2D eigenvalue weighted by atomic mass is 9.76. The van der Waals surface area contributed by atoms with Gasteiger partial charge >= 0.3 is 0 Å². The lowest BCUT2D eigenvalue weighted by Crippen LogP contribution is -2.17. The summed E-state index contributed by atoms with van der Waals surface area (Å²) < 4.78 is -0.350. The Morgan fingerprint density at radius 2 is 0.460 bits per heavy atom. The molecule has 0 radical (unpaired) electrons. The highest BCUT2D eigenvalue weighted by atomic mass is 32.1. The summed E-state index contributed by atoms with van der Waals surface area (Å²) in [6, 6.07) is 25.7. The molecule has 0 saturated carbocycles. The van der Waals surface area contributed by atoms with Crippen LogP contribution in [0.5, 0.6) is 0 Å². The molecule has 5 aromatic rings. The molecule has 0 bridgehead atoms. The monoisotopic (exact) mass is 925 g/mol. The second-order valence-corrected chi connectivity index (χ2v) is 25.1. The minimum absolute atomic E-state index is 0.0201. The number of hydrogen-bond donors (Lipinski definition) is 4. The third kappa shape index (κ3) is 16.4. The minimum atomic E-state index is -0.155. The second-order valence-electron chi connectivity index (χ2n) is 20.6. The number of aryl methyl sites for hydroxylation is 3. The van der Waals surface area contributed by atoms with Crippen molar-refractivity contribution >= 4 is 50.5 Å². The van der Waals surface area contributed by atoms with Crippen molar-refractivity contribution in [2.75, 3.05) is 0 Å².